The van der Waals surface area contributed by atoms with Crippen molar-refractivity contribution in [1.29, 1.82) is 0 Å². The summed E-state index contributed by atoms with van der Waals surface area (Å²) in [6, 6.07) is 0. The molecule has 0 saturated heterocycles. The van der Waals surface area contributed by atoms with Gasteiger partial charge >= 0.3 is 12.1 Å². The average molecular weight is 236 g/mol. The Hall–Kier alpha value is -1.53. The van der Waals surface area contributed by atoms with Crippen LogP contribution in [-0.4, -0.2) is 29.0 Å². The molecule has 0 fully saturated rings. The van der Waals surface area contributed by atoms with Crippen molar-refractivity contribution in [1.82, 2.24) is 9.78 Å². The number of nitrogens with zero attached hydrogens (tertiary/aromatic N) is 2. The number of hydrogen-bond acceptors (Lipinski definition) is 3. The smallest absolute Gasteiger partial charge is 0.408 e. The zero-order valence-electron chi connectivity index (χ0n) is 8.84. The van der Waals surface area contributed by atoms with Crippen LogP contribution in [0.4, 0.5) is 13.2 Å². The highest BCUT2D eigenvalue weighted by molar-refractivity contribution is 5.72. The van der Waals surface area contributed by atoms with E-state index in [1.807, 2.05) is 0 Å². The first-order valence-corrected chi connectivity index (χ1v) is 4.48. The number of alkyl halides is 3. The number of methoxy groups -OCH3 is 1. The van der Waals surface area contributed by atoms with Gasteiger partial charge in [0.25, 0.3) is 0 Å². The molecule has 0 unspecified atom stereocenters. The molecule has 0 atom stereocenters. The lowest BCUT2D eigenvalue weighted by molar-refractivity contribution is -0.142. The topological polar surface area (TPSA) is 44.1 Å². The van der Waals surface area contributed by atoms with Crippen LogP contribution in [0.2, 0.25) is 0 Å². The molecule has 1 rings (SSSR count). The van der Waals surface area contributed by atoms with Gasteiger partial charge in [-0.1, -0.05) is 0 Å². The van der Waals surface area contributed by atoms with Gasteiger partial charge in [-0.25, -0.2) is 0 Å². The number of carbonyl (C=O) groups is 1. The molecule has 7 heteroatoms. The van der Waals surface area contributed by atoms with Crippen LogP contribution in [0, 0.1) is 6.92 Å². The predicted molar refractivity (Wildman–Crippen MR) is 48.7 cm³/mol. The van der Waals surface area contributed by atoms with Gasteiger partial charge in [-0.2, -0.15) is 18.3 Å². The first-order chi connectivity index (χ1) is 7.31. The van der Waals surface area contributed by atoms with Crippen molar-refractivity contribution in [2.75, 3.05) is 7.11 Å². The van der Waals surface area contributed by atoms with Crippen LogP contribution < -0.4 is 0 Å². The highest BCUT2D eigenvalue weighted by atomic mass is 19.4. The third-order valence-electron chi connectivity index (χ3n) is 1.93. The Bertz CT molecular complexity index is 385. The molecule has 4 nitrogen and oxygen atoms in total. The second-order valence-corrected chi connectivity index (χ2v) is 3.32. The molecule has 16 heavy (non-hydrogen) atoms. The highest BCUT2D eigenvalue weighted by Gasteiger charge is 2.28. The van der Waals surface area contributed by atoms with Crippen LogP contribution in [0.15, 0.2) is 6.20 Å². The number of ether oxygens (including phenoxy) is 1. The fourth-order valence-electron chi connectivity index (χ4n) is 1.21. The molecule has 0 amide bonds. The Kier molecular flexibility index (Phi) is 3.56. The van der Waals surface area contributed by atoms with E-state index in [2.05, 4.69) is 9.84 Å². The lowest BCUT2D eigenvalue weighted by Crippen LogP contribution is -2.18. The van der Waals surface area contributed by atoms with E-state index in [1.165, 1.54) is 13.3 Å². The number of rotatable bonds is 3. The van der Waals surface area contributed by atoms with E-state index in [0.29, 0.717) is 11.3 Å². The number of aromatic nitrogens is 2. The summed E-state index contributed by atoms with van der Waals surface area (Å²) in [4.78, 5) is 10.9. The van der Waals surface area contributed by atoms with Gasteiger partial charge in [0.2, 0.25) is 0 Å². The summed E-state index contributed by atoms with van der Waals surface area (Å²) in [5.74, 6) is -0.527. The molecule has 0 saturated carbocycles. The molecule has 0 aromatic carbocycles. The van der Waals surface area contributed by atoms with Crippen molar-refractivity contribution in [3.05, 3.63) is 17.5 Å². The largest absolute Gasteiger partial charge is 0.469 e. The summed E-state index contributed by atoms with van der Waals surface area (Å²) in [6.07, 6.45) is -3.18. The monoisotopic (exact) mass is 236 g/mol. The lowest BCUT2D eigenvalue weighted by Gasteiger charge is -2.05. The molecular formula is C9H11F3N2O2. The third kappa shape index (κ3) is 3.56. The standard InChI is InChI=1S/C9H11F3N2O2/c1-6-4-14(5-9(10,11)12)13-7(6)3-8(15)16-2/h4H,3,5H2,1-2H3. The average Bonchev–Trinajstić information content (AvgIpc) is 2.43. The van der Waals surface area contributed by atoms with E-state index in [1.54, 1.807) is 6.92 Å². The van der Waals surface area contributed by atoms with Crippen LogP contribution in [-0.2, 0) is 22.5 Å². The van der Waals surface area contributed by atoms with Crippen LogP contribution in [0.3, 0.4) is 0 Å². The molecule has 0 bridgehead atoms. The number of carbonyl (C=O) groups excluding carboxylic acids is 1. The molecule has 1 aromatic heterocycles. The van der Waals surface area contributed by atoms with Gasteiger partial charge in [0, 0.05) is 6.20 Å². The summed E-state index contributed by atoms with van der Waals surface area (Å²) in [6.45, 7) is 0.438. The van der Waals surface area contributed by atoms with E-state index in [-0.39, 0.29) is 6.42 Å². The van der Waals surface area contributed by atoms with Gasteiger partial charge in [-0.3, -0.25) is 9.48 Å². The van der Waals surface area contributed by atoms with E-state index >= 15 is 0 Å². The minimum atomic E-state index is -4.32. The summed E-state index contributed by atoms with van der Waals surface area (Å²) in [5.41, 5.74) is 0.839. The van der Waals surface area contributed by atoms with Crippen molar-refractivity contribution in [3.63, 3.8) is 0 Å². The summed E-state index contributed by atoms with van der Waals surface area (Å²) < 4.78 is 41.4. The molecule has 90 valence electrons. The minimum Gasteiger partial charge on any atom is -0.469 e. The summed E-state index contributed by atoms with van der Waals surface area (Å²) in [7, 11) is 1.21. The quantitative estimate of drug-likeness (QED) is 0.746. The van der Waals surface area contributed by atoms with Crippen LogP contribution in [0.25, 0.3) is 0 Å². The number of aryl methyl sites for hydroxylation is 1. The maximum absolute atomic E-state index is 12.1. The second-order valence-electron chi connectivity index (χ2n) is 3.32. The second kappa shape index (κ2) is 4.54. The molecule has 0 radical (unpaired) electrons. The van der Waals surface area contributed by atoms with Crippen LogP contribution >= 0.6 is 0 Å². The van der Waals surface area contributed by atoms with E-state index in [4.69, 9.17) is 0 Å². The summed E-state index contributed by atoms with van der Waals surface area (Å²) >= 11 is 0. The van der Waals surface area contributed by atoms with E-state index < -0.39 is 18.7 Å². The lowest BCUT2D eigenvalue weighted by atomic mass is 10.2. The SMILES string of the molecule is COC(=O)Cc1nn(CC(F)(F)F)cc1C. The Morgan fingerprint density at radius 2 is 2.19 bits per heavy atom. The molecule has 0 aliphatic carbocycles. The molecule has 0 aliphatic heterocycles. The molecule has 0 aliphatic rings. The van der Waals surface area contributed by atoms with E-state index in [9.17, 15) is 18.0 Å². The number of esters is 1. The van der Waals surface area contributed by atoms with Gasteiger partial charge in [0.1, 0.15) is 6.54 Å². The maximum Gasteiger partial charge on any atom is 0.408 e. The fourth-order valence-corrected chi connectivity index (χ4v) is 1.21. The van der Waals surface area contributed by atoms with Crippen molar-refractivity contribution >= 4 is 5.97 Å². The number of hydrogen-bond donors (Lipinski definition) is 0. The third-order valence-corrected chi connectivity index (χ3v) is 1.93. The van der Waals surface area contributed by atoms with Gasteiger partial charge < -0.3 is 4.74 Å². The van der Waals surface area contributed by atoms with Crippen molar-refractivity contribution < 1.29 is 22.7 Å². The zero-order chi connectivity index (χ0) is 12.3. The first kappa shape index (κ1) is 12.5. The van der Waals surface area contributed by atoms with Crippen LogP contribution in [0.5, 0.6) is 0 Å². The fraction of sp³-hybridized carbons (Fsp3) is 0.556. The Balaban J connectivity index is 2.78. The first-order valence-electron chi connectivity index (χ1n) is 4.48. The van der Waals surface area contributed by atoms with Gasteiger partial charge in [-0.05, 0) is 12.5 Å². The van der Waals surface area contributed by atoms with Gasteiger partial charge in [0.15, 0.2) is 0 Å². The number of halogens is 3. The summed E-state index contributed by atoms with van der Waals surface area (Å²) in [5, 5.41) is 3.68. The highest BCUT2D eigenvalue weighted by Crippen LogP contribution is 2.18. The van der Waals surface area contributed by atoms with Crippen molar-refractivity contribution in [3.8, 4) is 0 Å². The Morgan fingerprint density at radius 1 is 1.56 bits per heavy atom. The predicted octanol–water partition coefficient (Wildman–Crippen LogP) is 1.47. The minimum absolute atomic E-state index is 0.118. The Labute approximate surface area is 90.0 Å². The van der Waals surface area contributed by atoms with E-state index in [0.717, 1.165) is 4.68 Å². The van der Waals surface area contributed by atoms with Crippen molar-refractivity contribution in [2.45, 2.75) is 26.1 Å². The molecular weight excluding hydrogens is 225 g/mol. The molecule has 0 spiro atoms. The maximum atomic E-state index is 12.1. The van der Waals surface area contributed by atoms with Crippen molar-refractivity contribution in [2.24, 2.45) is 0 Å². The molecule has 1 aromatic rings. The van der Waals surface area contributed by atoms with Gasteiger partial charge in [0.05, 0.1) is 19.2 Å². The normalized spacial score (nSPS) is 11.6. The molecule has 0 N–H and O–H groups in total. The molecule has 1 heterocycles. The van der Waals surface area contributed by atoms with Gasteiger partial charge in [-0.15, -0.1) is 0 Å². The van der Waals surface area contributed by atoms with Crippen LogP contribution in [0.1, 0.15) is 11.3 Å². The zero-order valence-corrected chi connectivity index (χ0v) is 8.84. The Morgan fingerprint density at radius 3 is 2.69 bits per heavy atom.